The van der Waals surface area contributed by atoms with Gasteiger partial charge in [0.2, 0.25) is 0 Å². The number of carbonyl (C=O) groups excluding carboxylic acids is 1. The molecule has 1 aliphatic heterocycles. The van der Waals surface area contributed by atoms with Crippen molar-refractivity contribution in [1.29, 1.82) is 0 Å². The molecule has 0 fully saturated rings. The molecule has 0 radical (unpaired) electrons. The van der Waals surface area contributed by atoms with Crippen LogP contribution in [0.1, 0.15) is 33.4 Å². The third-order valence-electron chi connectivity index (χ3n) is 5.58. The first-order chi connectivity index (χ1) is 13.6. The Balaban J connectivity index is 1.44. The van der Waals surface area contributed by atoms with Crippen LogP contribution in [0.4, 0.5) is 5.69 Å². The van der Waals surface area contributed by atoms with E-state index in [2.05, 4.69) is 60.1 Å². The van der Waals surface area contributed by atoms with Crippen molar-refractivity contribution in [1.82, 2.24) is 4.98 Å². The Bertz CT molecular complexity index is 1010. The Kier molecular flexibility index (Phi) is 5.25. The fraction of sp³-hybridized carbons (Fsp3) is 0.280. The number of anilines is 1. The quantitative estimate of drug-likeness (QED) is 0.657. The first-order valence-corrected chi connectivity index (χ1v) is 9.92. The monoisotopic (exact) mass is 370 g/mol. The van der Waals surface area contributed by atoms with Gasteiger partial charge in [-0.2, -0.15) is 0 Å². The number of pyridine rings is 1. The van der Waals surface area contributed by atoms with Crippen molar-refractivity contribution in [3.63, 3.8) is 0 Å². The predicted molar refractivity (Wildman–Crippen MR) is 114 cm³/mol. The van der Waals surface area contributed by atoms with Crippen molar-refractivity contribution in [2.75, 3.05) is 11.4 Å². The number of rotatable bonds is 5. The molecule has 0 saturated heterocycles. The lowest BCUT2D eigenvalue weighted by molar-refractivity contribution is -0.117. The molecule has 0 N–H and O–H groups in total. The minimum atomic E-state index is 0.263. The number of Topliss-reactive ketones (excluding diaryl/α,β-unsaturated/α-hetero) is 1. The highest BCUT2D eigenvalue weighted by atomic mass is 16.1. The molecule has 4 rings (SSSR count). The second-order valence-corrected chi connectivity index (χ2v) is 7.81. The van der Waals surface area contributed by atoms with Gasteiger partial charge in [-0.05, 0) is 66.3 Å². The van der Waals surface area contributed by atoms with Gasteiger partial charge in [0.15, 0.2) is 0 Å². The third-order valence-corrected chi connectivity index (χ3v) is 5.58. The summed E-state index contributed by atoms with van der Waals surface area (Å²) in [5.74, 6) is 0.263. The molecule has 3 aromatic rings. The molecular formula is C25H26N2O. The number of aromatic nitrogens is 1. The summed E-state index contributed by atoms with van der Waals surface area (Å²) in [6, 6.07) is 16.8. The fourth-order valence-electron chi connectivity index (χ4n) is 4.00. The molecule has 0 unspecified atom stereocenters. The van der Waals surface area contributed by atoms with E-state index in [1.54, 1.807) is 0 Å². The minimum Gasteiger partial charge on any atom is -0.367 e. The van der Waals surface area contributed by atoms with Crippen LogP contribution >= 0.6 is 0 Å². The second kappa shape index (κ2) is 7.97. The van der Waals surface area contributed by atoms with Crippen molar-refractivity contribution in [2.24, 2.45) is 0 Å². The van der Waals surface area contributed by atoms with Crippen molar-refractivity contribution in [2.45, 2.75) is 39.7 Å². The zero-order chi connectivity index (χ0) is 19.5. The summed E-state index contributed by atoms with van der Waals surface area (Å²) in [6.45, 7) is 6.08. The standard InChI is InChI=1S/C25H26N2O/c1-18-4-3-5-20(12-18)14-25(28)15-22-6-7-24(13-19(22)2)27-11-9-21-8-10-26-16-23(21)17-27/h3-8,10,12-13,16H,9,11,14-15,17H2,1-2H3. The van der Waals surface area contributed by atoms with Gasteiger partial charge in [-0.25, -0.2) is 0 Å². The summed E-state index contributed by atoms with van der Waals surface area (Å²) < 4.78 is 0. The van der Waals surface area contributed by atoms with Crippen LogP contribution in [0.15, 0.2) is 60.9 Å². The number of fused-ring (bicyclic) bond motifs is 1. The lowest BCUT2D eigenvalue weighted by Gasteiger charge is -2.31. The zero-order valence-electron chi connectivity index (χ0n) is 16.6. The SMILES string of the molecule is Cc1cccc(CC(=O)Cc2ccc(N3CCc4ccncc4C3)cc2C)c1. The summed E-state index contributed by atoms with van der Waals surface area (Å²) in [4.78, 5) is 19.2. The number of hydrogen-bond donors (Lipinski definition) is 0. The fourth-order valence-corrected chi connectivity index (χ4v) is 4.00. The number of carbonyl (C=O) groups is 1. The molecule has 28 heavy (non-hydrogen) atoms. The first kappa shape index (κ1) is 18.4. The molecule has 0 saturated carbocycles. The summed E-state index contributed by atoms with van der Waals surface area (Å²) in [7, 11) is 0. The van der Waals surface area contributed by atoms with E-state index < -0.39 is 0 Å². The lowest BCUT2D eigenvalue weighted by atomic mass is 9.97. The van der Waals surface area contributed by atoms with Gasteiger partial charge < -0.3 is 4.90 Å². The van der Waals surface area contributed by atoms with E-state index in [1.807, 2.05) is 24.5 Å². The molecule has 0 spiro atoms. The van der Waals surface area contributed by atoms with Crippen LogP contribution in [0, 0.1) is 13.8 Å². The predicted octanol–water partition coefficient (Wildman–Crippen LogP) is 4.62. The van der Waals surface area contributed by atoms with Crippen molar-refractivity contribution >= 4 is 11.5 Å². The second-order valence-electron chi connectivity index (χ2n) is 7.81. The Morgan fingerprint density at radius 1 is 1.04 bits per heavy atom. The van der Waals surface area contributed by atoms with Gasteiger partial charge >= 0.3 is 0 Å². The van der Waals surface area contributed by atoms with E-state index in [4.69, 9.17) is 0 Å². The Morgan fingerprint density at radius 2 is 1.93 bits per heavy atom. The minimum absolute atomic E-state index is 0.263. The van der Waals surface area contributed by atoms with Crippen LogP contribution in [0.3, 0.4) is 0 Å². The van der Waals surface area contributed by atoms with Gasteiger partial charge in [0.05, 0.1) is 0 Å². The highest BCUT2D eigenvalue weighted by molar-refractivity contribution is 5.83. The molecule has 3 heteroatoms. The van der Waals surface area contributed by atoms with Crippen molar-refractivity contribution < 1.29 is 4.79 Å². The van der Waals surface area contributed by atoms with E-state index in [1.165, 1.54) is 27.9 Å². The van der Waals surface area contributed by atoms with Crippen molar-refractivity contribution in [3.05, 3.63) is 94.3 Å². The van der Waals surface area contributed by atoms with Crippen LogP contribution in [0.2, 0.25) is 0 Å². The molecular weight excluding hydrogens is 344 g/mol. The van der Waals surface area contributed by atoms with Crippen LogP contribution in [0.5, 0.6) is 0 Å². The Labute approximate surface area is 167 Å². The number of benzene rings is 2. The number of nitrogens with zero attached hydrogens (tertiary/aromatic N) is 2. The smallest absolute Gasteiger partial charge is 0.141 e. The summed E-state index contributed by atoms with van der Waals surface area (Å²) in [6.07, 6.45) is 5.90. The largest absolute Gasteiger partial charge is 0.367 e. The van der Waals surface area contributed by atoms with E-state index in [9.17, 15) is 4.79 Å². The molecule has 1 aromatic heterocycles. The number of aryl methyl sites for hydroxylation is 2. The van der Waals surface area contributed by atoms with Gasteiger partial charge in [-0.1, -0.05) is 35.9 Å². The molecule has 142 valence electrons. The topological polar surface area (TPSA) is 33.2 Å². The molecule has 0 aliphatic carbocycles. The maximum absolute atomic E-state index is 12.6. The average molecular weight is 370 g/mol. The summed E-state index contributed by atoms with van der Waals surface area (Å²) in [5.41, 5.74) is 8.54. The van der Waals surface area contributed by atoms with Gasteiger partial charge in [0, 0.05) is 44.0 Å². The maximum Gasteiger partial charge on any atom is 0.141 e. The molecule has 3 nitrogen and oxygen atoms in total. The number of ketones is 1. The lowest BCUT2D eigenvalue weighted by Crippen LogP contribution is -2.30. The van der Waals surface area contributed by atoms with Crippen LogP contribution < -0.4 is 4.90 Å². The van der Waals surface area contributed by atoms with Gasteiger partial charge in [-0.3, -0.25) is 9.78 Å². The Hall–Kier alpha value is -2.94. The maximum atomic E-state index is 12.6. The molecule has 2 heterocycles. The first-order valence-electron chi connectivity index (χ1n) is 9.92. The molecule has 2 aromatic carbocycles. The zero-order valence-corrected chi connectivity index (χ0v) is 16.6. The normalized spacial score (nSPS) is 13.3. The molecule has 0 amide bonds. The Morgan fingerprint density at radius 3 is 2.75 bits per heavy atom. The average Bonchev–Trinajstić information content (AvgIpc) is 2.69. The van der Waals surface area contributed by atoms with E-state index in [0.29, 0.717) is 12.8 Å². The van der Waals surface area contributed by atoms with E-state index >= 15 is 0 Å². The van der Waals surface area contributed by atoms with Gasteiger partial charge in [0.25, 0.3) is 0 Å². The van der Waals surface area contributed by atoms with Gasteiger partial charge in [0.1, 0.15) is 5.78 Å². The van der Waals surface area contributed by atoms with Gasteiger partial charge in [-0.15, -0.1) is 0 Å². The van der Waals surface area contributed by atoms with E-state index in [-0.39, 0.29) is 5.78 Å². The molecule has 0 atom stereocenters. The van der Waals surface area contributed by atoms with E-state index in [0.717, 1.165) is 30.6 Å². The molecule has 1 aliphatic rings. The summed E-state index contributed by atoms with van der Waals surface area (Å²) in [5, 5.41) is 0. The summed E-state index contributed by atoms with van der Waals surface area (Å²) >= 11 is 0. The van der Waals surface area contributed by atoms with Crippen LogP contribution in [0.25, 0.3) is 0 Å². The highest BCUT2D eigenvalue weighted by Crippen LogP contribution is 2.26. The van der Waals surface area contributed by atoms with Crippen LogP contribution in [-0.2, 0) is 30.6 Å². The van der Waals surface area contributed by atoms with Crippen molar-refractivity contribution in [3.8, 4) is 0 Å². The number of hydrogen-bond acceptors (Lipinski definition) is 3. The third kappa shape index (κ3) is 4.14. The molecule has 0 bridgehead atoms. The van der Waals surface area contributed by atoms with Crippen LogP contribution in [-0.4, -0.2) is 17.3 Å². The highest BCUT2D eigenvalue weighted by Gasteiger charge is 2.17.